The molecular formula is C25H21F3N8O2. The van der Waals surface area contributed by atoms with Crippen molar-refractivity contribution in [3.05, 3.63) is 70.4 Å². The molecule has 0 unspecified atom stereocenters. The maximum absolute atomic E-state index is 13.3. The Bertz CT molecular complexity index is 1610. The van der Waals surface area contributed by atoms with Crippen LogP contribution >= 0.6 is 0 Å². The van der Waals surface area contributed by atoms with Crippen LogP contribution in [0.3, 0.4) is 0 Å². The number of alkyl halides is 3. The number of nitrogens with zero attached hydrogens (tertiary/aromatic N) is 7. The van der Waals surface area contributed by atoms with Gasteiger partial charge < -0.3 is 19.9 Å². The Morgan fingerprint density at radius 1 is 1.18 bits per heavy atom. The van der Waals surface area contributed by atoms with Crippen molar-refractivity contribution in [1.82, 2.24) is 24.7 Å². The number of benzene rings is 2. The summed E-state index contributed by atoms with van der Waals surface area (Å²) in [5.74, 6) is -1.79. The van der Waals surface area contributed by atoms with E-state index in [2.05, 4.69) is 20.5 Å². The second-order valence-corrected chi connectivity index (χ2v) is 8.96. The number of anilines is 2. The van der Waals surface area contributed by atoms with Crippen molar-refractivity contribution in [2.75, 3.05) is 16.8 Å². The smallest absolute Gasteiger partial charge is 0.451 e. The third-order valence-corrected chi connectivity index (χ3v) is 6.33. The van der Waals surface area contributed by atoms with E-state index in [0.29, 0.717) is 16.7 Å². The first-order chi connectivity index (χ1) is 18.1. The molecule has 0 saturated carbocycles. The van der Waals surface area contributed by atoms with Gasteiger partial charge in [-0.3, -0.25) is 0 Å². The monoisotopic (exact) mass is 522 g/mol. The van der Waals surface area contributed by atoms with Crippen LogP contribution in [-0.2, 0) is 19.3 Å². The molecule has 0 aliphatic carbocycles. The Morgan fingerprint density at radius 3 is 2.66 bits per heavy atom. The Kier molecular flexibility index (Phi) is 6.10. The molecule has 0 spiro atoms. The van der Waals surface area contributed by atoms with E-state index in [1.54, 1.807) is 29.2 Å². The van der Waals surface area contributed by atoms with Gasteiger partial charge in [-0.05, 0) is 37.6 Å². The fourth-order valence-corrected chi connectivity index (χ4v) is 4.60. The number of nitriles is 1. The van der Waals surface area contributed by atoms with Crippen molar-refractivity contribution < 1.29 is 23.1 Å². The molecule has 1 aliphatic rings. The van der Waals surface area contributed by atoms with Gasteiger partial charge in [-0.25, -0.2) is 14.8 Å². The van der Waals surface area contributed by atoms with Crippen LogP contribution in [-0.4, -0.2) is 42.4 Å². The minimum Gasteiger partial charge on any atom is -0.478 e. The molecule has 2 aromatic heterocycles. The van der Waals surface area contributed by atoms with Gasteiger partial charge in [0.25, 0.3) is 0 Å². The predicted molar refractivity (Wildman–Crippen MR) is 131 cm³/mol. The first-order valence-corrected chi connectivity index (χ1v) is 11.6. The summed E-state index contributed by atoms with van der Waals surface area (Å²) in [4.78, 5) is 22.6. The number of carboxylic acid groups (broad SMARTS) is 1. The summed E-state index contributed by atoms with van der Waals surface area (Å²) in [6, 6.07) is 11.9. The van der Waals surface area contributed by atoms with Gasteiger partial charge in [0.05, 0.1) is 29.2 Å². The number of aromatic carboxylic acids is 1. The lowest BCUT2D eigenvalue weighted by atomic mass is 10.0. The van der Waals surface area contributed by atoms with Crippen molar-refractivity contribution in [3.8, 4) is 6.07 Å². The maximum Gasteiger partial charge on any atom is 0.451 e. The van der Waals surface area contributed by atoms with Gasteiger partial charge in [0.1, 0.15) is 6.07 Å². The predicted octanol–water partition coefficient (Wildman–Crippen LogP) is 4.31. The number of hydrogen-bond donors (Lipinski definition) is 2. The largest absolute Gasteiger partial charge is 0.478 e. The van der Waals surface area contributed by atoms with Gasteiger partial charge in [0.2, 0.25) is 5.82 Å². The van der Waals surface area contributed by atoms with Crippen LogP contribution in [0.4, 0.5) is 24.7 Å². The number of carboxylic acids is 1. The quantitative estimate of drug-likeness (QED) is 0.393. The number of aryl methyl sites for hydroxylation is 1. The number of nitrogens with one attached hydrogen (secondary N) is 1. The highest BCUT2D eigenvalue weighted by atomic mass is 19.4. The molecule has 13 heteroatoms. The van der Waals surface area contributed by atoms with E-state index in [9.17, 15) is 28.3 Å². The van der Waals surface area contributed by atoms with E-state index in [1.165, 1.54) is 6.07 Å². The molecule has 1 aliphatic heterocycles. The van der Waals surface area contributed by atoms with Crippen molar-refractivity contribution in [3.63, 3.8) is 0 Å². The summed E-state index contributed by atoms with van der Waals surface area (Å²) in [6.07, 6.45) is -4.62. The van der Waals surface area contributed by atoms with Crippen LogP contribution in [0.25, 0.3) is 11.0 Å². The Morgan fingerprint density at radius 2 is 1.95 bits per heavy atom. The number of aromatic nitrogens is 5. The zero-order chi connectivity index (χ0) is 27.2. The molecule has 10 nitrogen and oxygen atoms in total. The van der Waals surface area contributed by atoms with Crippen LogP contribution in [0, 0.1) is 18.3 Å². The summed E-state index contributed by atoms with van der Waals surface area (Å²) in [5, 5.41) is 29.6. The molecule has 2 N–H and O–H groups in total. The van der Waals surface area contributed by atoms with E-state index in [4.69, 9.17) is 4.98 Å². The lowest BCUT2D eigenvalue weighted by Crippen LogP contribution is -2.36. The number of para-hydroxylation sites is 1. The zero-order valence-electron chi connectivity index (χ0n) is 20.3. The average Bonchev–Trinajstić information content (AvgIpc) is 3.31. The first-order valence-electron chi connectivity index (χ1n) is 11.6. The Balaban J connectivity index is 1.55. The van der Waals surface area contributed by atoms with Gasteiger partial charge >= 0.3 is 12.1 Å². The van der Waals surface area contributed by atoms with Gasteiger partial charge in [-0.2, -0.15) is 18.4 Å². The summed E-state index contributed by atoms with van der Waals surface area (Å²) in [7, 11) is 0. The molecular weight excluding hydrogens is 501 g/mol. The molecule has 4 aromatic rings. The highest BCUT2D eigenvalue weighted by Gasteiger charge is 2.40. The van der Waals surface area contributed by atoms with Crippen LogP contribution in [0.5, 0.6) is 0 Å². The van der Waals surface area contributed by atoms with Crippen molar-refractivity contribution in [2.24, 2.45) is 0 Å². The summed E-state index contributed by atoms with van der Waals surface area (Å²) < 4.78 is 40.8. The molecule has 38 heavy (non-hydrogen) atoms. The SMILES string of the molecule is Cc1cc([C@@H](C)Nc2ccccc2C(=O)O)c2nc(N3CCn4c(nnc4C(F)(F)F)C3)c(C#N)nc2c1. The van der Waals surface area contributed by atoms with E-state index in [0.717, 1.165) is 15.7 Å². The fraction of sp³-hybridized carbons (Fsp3) is 0.280. The molecule has 5 rings (SSSR count). The standard InChI is InChI=1S/C25H21F3N8O2/c1-13-9-16(14(2)30-17-6-4-3-5-15(17)23(37)38)21-18(10-13)31-19(11-29)22(32-21)35-7-8-36-20(12-35)33-34-24(36)25(26,27)28/h3-6,9-10,14,30H,7-8,12H2,1-2H3,(H,37,38)/t14-/m1/s1. The van der Waals surface area contributed by atoms with Gasteiger partial charge in [0, 0.05) is 24.3 Å². The third-order valence-electron chi connectivity index (χ3n) is 6.33. The zero-order valence-corrected chi connectivity index (χ0v) is 20.3. The molecule has 0 bridgehead atoms. The van der Waals surface area contributed by atoms with Gasteiger partial charge in [-0.15, -0.1) is 10.2 Å². The number of carbonyl (C=O) groups is 1. The van der Waals surface area contributed by atoms with E-state index < -0.39 is 24.0 Å². The van der Waals surface area contributed by atoms with E-state index in [-0.39, 0.29) is 42.5 Å². The van der Waals surface area contributed by atoms with E-state index >= 15 is 0 Å². The minimum atomic E-state index is -4.62. The first kappa shape index (κ1) is 24.9. The topological polar surface area (TPSA) is 133 Å². The molecule has 0 fully saturated rings. The van der Waals surface area contributed by atoms with Crippen molar-refractivity contribution >= 4 is 28.5 Å². The highest BCUT2D eigenvalue weighted by Crippen LogP contribution is 2.33. The van der Waals surface area contributed by atoms with Crippen molar-refractivity contribution in [1.29, 1.82) is 5.26 Å². The average molecular weight is 522 g/mol. The molecule has 1 atom stereocenters. The molecule has 194 valence electrons. The number of halogens is 3. The van der Waals surface area contributed by atoms with Crippen LogP contribution in [0.1, 0.15) is 51.8 Å². The number of rotatable bonds is 5. The fourth-order valence-electron chi connectivity index (χ4n) is 4.60. The lowest BCUT2D eigenvalue weighted by Gasteiger charge is -2.29. The molecule has 0 radical (unpaired) electrons. The summed E-state index contributed by atoms with van der Waals surface area (Å²) in [5.41, 5.74) is 3.13. The van der Waals surface area contributed by atoms with Gasteiger partial charge in [-0.1, -0.05) is 18.2 Å². The summed E-state index contributed by atoms with van der Waals surface area (Å²) >= 11 is 0. The molecule has 2 aromatic carbocycles. The molecule has 0 saturated heterocycles. The van der Waals surface area contributed by atoms with Crippen LogP contribution in [0.2, 0.25) is 0 Å². The normalized spacial score (nSPS) is 14.2. The number of hydrogen-bond acceptors (Lipinski definition) is 8. The maximum atomic E-state index is 13.3. The van der Waals surface area contributed by atoms with Crippen molar-refractivity contribution in [2.45, 2.75) is 39.2 Å². The Labute approximate surface area is 214 Å². The lowest BCUT2D eigenvalue weighted by molar-refractivity contribution is -0.147. The Hall–Kier alpha value is -4.73. The van der Waals surface area contributed by atoms with E-state index in [1.807, 2.05) is 26.0 Å². The minimum absolute atomic E-state index is 0.0288. The van der Waals surface area contributed by atoms with Crippen LogP contribution in [0.15, 0.2) is 36.4 Å². The second kappa shape index (κ2) is 9.29. The van der Waals surface area contributed by atoms with Crippen LogP contribution < -0.4 is 10.2 Å². The molecule has 0 amide bonds. The number of fused-ring (bicyclic) bond motifs is 2. The second-order valence-electron chi connectivity index (χ2n) is 8.96. The molecule has 3 heterocycles. The van der Waals surface area contributed by atoms with Gasteiger partial charge in [0.15, 0.2) is 17.3 Å². The highest BCUT2D eigenvalue weighted by molar-refractivity contribution is 5.94. The third kappa shape index (κ3) is 4.45. The summed E-state index contributed by atoms with van der Waals surface area (Å²) in [6.45, 7) is 3.81.